The molecule has 110 valence electrons. The quantitative estimate of drug-likeness (QED) is 0.489. The number of halogens is 2. The van der Waals surface area contributed by atoms with Crippen molar-refractivity contribution >= 4 is 50.4 Å². The van der Waals surface area contributed by atoms with Gasteiger partial charge >= 0.3 is 5.97 Å². The van der Waals surface area contributed by atoms with Gasteiger partial charge in [0, 0.05) is 14.6 Å². The van der Waals surface area contributed by atoms with Crippen LogP contribution in [0.2, 0.25) is 0 Å². The van der Waals surface area contributed by atoms with Crippen LogP contribution in [-0.2, 0) is 9.53 Å². The smallest absolute Gasteiger partial charge is 0.325 e. The lowest BCUT2D eigenvalue weighted by Crippen LogP contribution is -2.37. The standard InChI is InChI=1S/C14H17BrINO3/c1-3-7-17(9-13(18)20-4-2)14(19)11-8-10(15)5-6-12(11)16/h5-6,8H,3-4,7,9H2,1-2H3. The minimum Gasteiger partial charge on any atom is -0.465 e. The van der Waals surface area contributed by atoms with E-state index in [0.29, 0.717) is 18.7 Å². The molecule has 0 aromatic heterocycles. The molecule has 1 amide bonds. The predicted molar refractivity (Wildman–Crippen MR) is 89.7 cm³/mol. The Kier molecular flexibility index (Phi) is 7.50. The van der Waals surface area contributed by atoms with Gasteiger partial charge in [-0.1, -0.05) is 22.9 Å². The summed E-state index contributed by atoms with van der Waals surface area (Å²) in [5.74, 6) is -0.523. The van der Waals surface area contributed by atoms with E-state index in [0.717, 1.165) is 14.5 Å². The molecular formula is C14H17BrINO3. The summed E-state index contributed by atoms with van der Waals surface area (Å²) in [5, 5.41) is 0. The van der Waals surface area contributed by atoms with E-state index in [1.165, 1.54) is 4.90 Å². The van der Waals surface area contributed by atoms with E-state index in [9.17, 15) is 9.59 Å². The Morgan fingerprint density at radius 3 is 2.65 bits per heavy atom. The molecule has 6 heteroatoms. The number of hydrogen-bond acceptors (Lipinski definition) is 3. The first-order valence-electron chi connectivity index (χ1n) is 6.39. The maximum absolute atomic E-state index is 12.5. The fourth-order valence-electron chi connectivity index (χ4n) is 1.72. The van der Waals surface area contributed by atoms with Crippen molar-refractivity contribution in [1.82, 2.24) is 4.90 Å². The highest BCUT2D eigenvalue weighted by Crippen LogP contribution is 2.20. The first kappa shape index (κ1) is 17.4. The minimum atomic E-state index is -0.376. The molecule has 0 atom stereocenters. The Bertz CT molecular complexity index is 493. The Balaban J connectivity index is 2.93. The van der Waals surface area contributed by atoms with E-state index in [1.807, 2.05) is 19.1 Å². The molecule has 1 aromatic rings. The fourth-order valence-corrected chi connectivity index (χ4v) is 2.64. The molecule has 0 aliphatic heterocycles. The fraction of sp³-hybridized carbons (Fsp3) is 0.429. The minimum absolute atomic E-state index is 0.0108. The average Bonchev–Trinajstić information content (AvgIpc) is 2.40. The maximum atomic E-state index is 12.5. The van der Waals surface area contributed by atoms with Crippen molar-refractivity contribution in [3.05, 3.63) is 31.8 Å². The van der Waals surface area contributed by atoms with Gasteiger partial charge in [-0.25, -0.2) is 0 Å². The molecule has 1 aromatic carbocycles. The van der Waals surface area contributed by atoms with E-state index >= 15 is 0 Å². The molecule has 0 unspecified atom stereocenters. The zero-order chi connectivity index (χ0) is 15.1. The predicted octanol–water partition coefficient (Wildman–Crippen LogP) is 3.47. The number of nitrogens with zero attached hydrogens (tertiary/aromatic N) is 1. The summed E-state index contributed by atoms with van der Waals surface area (Å²) in [4.78, 5) is 25.7. The van der Waals surface area contributed by atoms with Crippen LogP contribution in [0.3, 0.4) is 0 Å². The van der Waals surface area contributed by atoms with Crippen molar-refractivity contribution in [2.24, 2.45) is 0 Å². The molecule has 0 fully saturated rings. The Hall–Kier alpha value is -0.630. The normalized spacial score (nSPS) is 10.2. The highest BCUT2D eigenvalue weighted by atomic mass is 127. The summed E-state index contributed by atoms with van der Waals surface area (Å²) in [6, 6.07) is 5.53. The number of ether oxygens (including phenoxy) is 1. The van der Waals surface area contributed by atoms with E-state index in [1.54, 1.807) is 13.0 Å². The number of rotatable bonds is 6. The van der Waals surface area contributed by atoms with Gasteiger partial charge in [0.25, 0.3) is 5.91 Å². The van der Waals surface area contributed by atoms with E-state index in [-0.39, 0.29) is 18.4 Å². The first-order valence-corrected chi connectivity index (χ1v) is 8.26. The lowest BCUT2D eigenvalue weighted by molar-refractivity contribution is -0.143. The average molecular weight is 454 g/mol. The SMILES string of the molecule is CCCN(CC(=O)OCC)C(=O)c1cc(Br)ccc1I. The Morgan fingerprint density at radius 2 is 2.05 bits per heavy atom. The van der Waals surface area contributed by atoms with Gasteiger partial charge in [0.05, 0.1) is 12.2 Å². The molecular weight excluding hydrogens is 437 g/mol. The second-order valence-electron chi connectivity index (χ2n) is 4.16. The van der Waals surface area contributed by atoms with Gasteiger partial charge in [0.2, 0.25) is 0 Å². The molecule has 20 heavy (non-hydrogen) atoms. The third kappa shape index (κ3) is 5.05. The van der Waals surface area contributed by atoms with E-state index in [2.05, 4.69) is 38.5 Å². The lowest BCUT2D eigenvalue weighted by Gasteiger charge is -2.21. The van der Waals surface area contributed by atoms with Crippen molar-refractivity contribution < 1.29 is 14.3 Å². The van der Waals surface area contributed by atoms with Gasteiger partial charge in [-0.2, -0.15) is 0 Å². The van der Waals surface area contributed by atoms with Crippen molar-refractivity contribution in [3.63, 3.8) is 0 Å². The van der Waals surface area contributed by atoms with Gasteiger partial charge in [0.15, 0.2) is 0 Å². The topological polar surface area (TPSA) is 46.6 Å². The third-order valence-corrected chi connectivity index (χ3v) is 4.00. The van der Waals surface area contributed by atoms with Crippen molar-refractivity contribution in [2.75, 3.05) is 19.7 Å². The number of carbonyl (C=O) groups is 2. The largest absolute Gasteiger partial charge is 0.465 e. The molecule has 4 nitrogen and oxygen atoms in total. The zero-order valence-corrected chi connectivity index (χ0v) is 15.2. The number of amides is 1. The molecule has 0 radical (unpaired) electrons. The van der Waals surface area contributed by atoms with Gasteiger partial charge in [0.1, 0.15) is 6.54 Å². The lowest BCUT2D eigenvalue weighted by atomic mass is 10.2. The molecule has 0 bridgehead atoms. The second-order valence-corrected chi connectivity index (χ2v) is 6.23. The summed E-state index contributed by atoms with van der Waals surface area (Å²) in [5.41, 5.74) is 0.595. The summed E-state index contributed by atoms with van der Waals surface area (Å²) >= 11 is 5.48. The van der Waals surface area contributed by atoms with Gasteiger partial charge in [-0.05, 0) is 54.1 Å². The van der Waals surface area contributed by atoms with Crippen LogP contribution in [0.15, 0.2) is 22.7 Å². The number of esters is 1. The van der Waals surface area contributed by atoms with Crippen molar-refractivity contribution in [3.8, 4) is 0 Å². The summed E-state index contributed by atoms with van der Waals surface area (Å²) < 4.78 is 6.62. The van der Waals surface area contributed by atoms with Crippen LogP contribution >= 0.6 is 38.5 Å². The van der Waals surface area contributed by atoms with Crippen LogP contribution in [0.5, 0.6) is 0 Å². The number of hydrogen-bond donors (Lipinski definition) is 0. The van der Waals surface area contributed by atoms with Crippen LogP contribution in [0.1, 0.15) is 30.6 Å². The Labute approximate surface area is 141 Å². The van der Waals surface area contributed by atoms with Gasteiger partial charge in [-0.3, -0.25) is 9.59 Å². The van der Waals surface area contributed by atoms with Gasteiger partial charge in [-0.15, -0.1) is 0 Å². The molecule has 0 saturated heterocycles. The van der Waals surface area contributed by atoms with E-state index in [4.69, 9.17) is 4.74 Å². The molecule has 0 aliphatic carbocycles. The van der Waals surface area contributed by atoms with Crippen LogP contribution in [0, 0.1) is 3.57 Å². The number of benzene rings is 1. The first-order chi connectivity index (χ1) is 9.49. The molecule has 0 aliphatic rings. The molecule has 0 saturated carbocycles. The molecule has 0 N–H and O–H groups in total. The van der Waals surface area contributed by atoms with Crippen LogP contribution in [-0.4, -0.2) is 36.5 Å². The highest BCUT2D eigenvalue weighted by molar-refractivity contribution is 14.1. The van der Waals surface area contributed by atoms with Crippen LogP contribution in [0.4, 0.5) is 0 Å². The highest BCUT2D eigenvalue weighted by Gasteiger charge is 2.20. The zero-order valence-electron chi connectivity index (χ0n) is 11.5. The number of carbonyl (C=O) groups excluding carboxylic acids is 2. The maximum Gasteiger partial charge on any atom is 0.325 e. The molecule has 0 heterocycles. The molecule has 0 spiro atoms. The third-order valence-electron chi connectivity index (χ3n) is 2.56. The monoisotopic (exact) mass is 453 g/mol. The second kappa shape index (κ2) is 8.61. The molecule has 1 rings (SSSR count). The summed E-state index contributed by atoms with van der Waals surface area (Å²) in [7, 11) is 0. The van der Waals surface area contributed by atoms with Crippen LogP contribution < -0.4 is 0 Å². The van der Waals surface area contributed by atoms with Crippen molar-refractivity contribution in [2.45, 2.75) is 20.3 Å². The van der Waals surface area contributed by atoms with Crippen LogP contribution in [0.25, 0.3) is 0 Å². The summed E-state index contributed by atoms with van der Waals surface area (Å²) in [6.07, 6.45) is 0.787. The Morgan fingerprint density at radius 1 is 1.35 bits per heavy atom. The van der Waals surface area contributed by atoms with Crippen molar-refractivity contribution in [1.29, 1.82) is 0 Å². The summed E-state index contributed by atoms with van der Waals surface area (Å²) in [6.45, 7) is 4.56. The van der Waals surface area contributed by atoms with Gasteiger partial charge < -0.3 is 9.64 Å². The van der Waals surface area contributed by atoms with E-state index < -0.39 is 0 Å².